The van der Waals surface area contributed by atoms with E-state index in [0.717, 1.165) is 31.5 Å². The van der Waals surface area contributed by atoms with E-state index >= 15 is 0 Å². The Morgan fingerprint density at radius 3 is 3.00 bits per heavy atom. The normalized spacial score (nSPS) is 20.8. The Morgan fingerprint density at radius 1 is 1.56 bits per heavy atom. The molecule has 0 radical (unpaired) electrons. The van der Waals surface area contributed by atoms with Crippen LogP contribution in [0.25, 0.3) is 0 Å². The quantitative estimate of drug-likeness (QED) is 0.774. The number of carbonyl (C=O) groups excluding carboxylic acids is 1. The first-order chi connectivity index (χ1) is 7.70. The second kappa shape index (κ2) is 4.68. The number of nitrogens with zero attached hydrogens (tertiary/aromatic N) is 3. The van der Waals surface area contributed by atoms with Gasteiger partial charge in [0.15, 0.2) is 0 Å². The minimum Gasteiger partial charge on any atom is -0.337 e. The molecular formula is C12H19N3O. The Kier molecular flexibility index (Phi) is 3.27. The lowest BCUT2D eigenvalue weighted by Crippen LogP contribution is -2.25. The molecule has 1 aromatic rings. The van der Waals surface area contributed by atoms with Gasteiger partial charge >= 0.3 is 0 Å². The topological polar surface area (TPSA) is 38.1 Å². The van der Waals surface area contributed by atoms with Crippen LogP contribution in [0.15, 0.2) is 12.5 Å². The highest BCUT2D eigenvalue weighted by molar-refractivity contribution is 5.78. The highest BCUT2D eigenvalue weighted by Gasteiger charge is 2.29. The average molecular weight is 221 g/mol. The zero-order valence-corrected chi connectivity index (χ0v) is 10.0. The van der Waals surface area contributed by atoms with Crippen LogP contribution >= 0.6 is 0 Å². The number of rotatable bonds is 4. The molecule has 88 valence electrons. The summed E-state index contributed by atoms with van der Waals surface area (Å²) in [5.74, 6) is 0.852. The standard InChI is InChI=1S/C12H19N3O/c1-3-4-10-5-12(16)15(7-10)8-11-6-13-9-14(11)2/h6,9-10H,3-5,7-8H2,1-2H3. The van der Waals surface area contributed by atoms with E-state index in [1.165, 1.54) is 0 Å². The lowest BCUT2D eigenvalue weighted by atomic mass is 10.0. The summed E-state index contributed by atoms with van der Waals surface area (Å²) >= 11 is 0. The van der Waals surface area contributed by atoms with Crippen molar-refractivity contribution < 1.29 is 4.79 Å². The lowest BCUT2D eigenvalue weighted by molar-refractivity contribution is -0.128. The first-order valence-corrected chi connectivity index (χ1v) is 5.93. The lowest BCUT2D eigenvalue weighted by Gasteiger charge is -2.16. The van der Waals surface area contributed by atoms with Crippen LogP contribution in [0, 0.1) is 5.92 Å². The van der Waals surface area contributed by atoms with E-state index in [0.29, 0.717) is 18.4 Å². The highest BCUT2D eigenvalue weighted by Crippen LogP contribution is 2.23. The van der Waals surface area contributed by atoms with Crippen LogP contribution in [0.5, 0.6) is 0 Å². The Labute approximate surface area is 96.3 Å². The van der Waals surface area contributed by atoms with Crippen LogP contribution in [0.1, 0.15) is 31.9 Å². The number of amides is 1. The predicted octanol–water partition coefficient (Wildman–Crippen LogP) is 1.57. The van der Waals surface area contributed by atoms with Crippen molar-refractivity contribution in [1.82, 2.24) is 14.5 Å². The fourth-order valence-corrected chi connectivity index (χ4v) is 2.34. The van der Waals surface area contributed by atoms with Crippen molar-refractivity contribution in [2.45, 2.75) is 32.7 Å². The smallest absolute Gasteiger partial charge is 0.223 e. The second-order valence-electron chi connectivity index (χ2n) is 4.63. The summed E-state index contributed by atoms with van der Waals surface area (Å²) in [5, 5.41) is 0. The minimum atomic E-state index is 0.291. The summed E-state index contributed by atoms with van der Waals surface area (Å²) in [6.07, 6.45) is 6.66. The SMILES string of the molecule is CCCC1CC(=O)N(Cc2cncn2C)C1. The Bertz CT molecular complexity index is 372. The van der Waals surface area contributed by atoms with Gasteiger partial charge in [-0.25, -0.2) is 4.98 Å². The van der Waals surface area contributed by atoms with Gasteiger partial charge in [0, 0.05) is 26.2 Å². The summed E-state index contributed by atoms with van der Waals surface area (Å²) in [7, 11) is 1.96. The van der Waals surface area contributed by atoms with Crippen molar-refractivity contribution >= 4 is 5.91 Å². The molecule has 0 saturated carbocycles. The van der Waals surface area contributed by atoms with Crippen LogP contribution in [0.4, 0.5) is 0 Å². The summed E-state index contributed by atoms with van der Waals surface area (Å²) in [6, 6.07) is 0. The van der Waals surface area contributed by atoms with Crippen LogP contribution in [0.3, 0.4) is 0 Å². The van der Waals surface area contributed by atoms with Gasteiger partial charge in [-0.1, -0.05) is 13.3 Å². The maximum Gasteiger partial charge on any atom is 0.223 e. The maximum absolute atomic E-state index is 11.8. The van der Waals surface area contributed by atoms with E-state index in [9.17, 15) is 4.79 Å². The van der Waals surface area contributed by atoms with Gasteiger partial charge in [0.2, 0.25) is 5.91 Å². The molecule has 1 unspecified atom stereocenters. The highest BCUT2D eigenvalue weighted by atomic mass is 16.2. The van der Waals surface area contributed by atoms with Crippen molar-refractivity contribution in [3.05, 3.63) is 18.2 Å². The molecule has 0 bridgehead atoms. The molecule has 1 aromatic heterocycles. The molecule has 1 aliphatic rings. The molecule has 4 heteroatoms. The van der Waals surface area contributed by atoms with E-state index in [2.05, 4.69) is 11.9 Å². The molecule has 4 nitrogen and oxygen atoms in total. The van der Waals surface area contributed by atoms with Crippen molar-refractivity contribution in [1.29, 1.82) is 0 Å². The van der Waals surface area contributed by atoms with E-state index in [1.807, 2.05) is 22.7 Å². The molecule has 2 rings (SSSR count). The molecule has 0 spiro atoms. The third-order valence-electron chi connectivity index (χ3n) is 3.26. The first kappa shape index (κ1) is 11.2. The van der Waals surface area contributed by atoms with Crippen molar-refractivity contribution in [2.24, 2.45) is 13.0 Å². The van der Waals surface area contributed by atoms with Gasteiger partial charge in [0.1, 0.15) is 0 Å². The molecule has 1 fully saturated rings. The summed E-state index contributed by atoms with van der Waals surface area (Å²) in [6.45, 7) is 3.79. The number of hydrogen-bond acceptors (Lipinski definition) is 2. The van der Waals surface area contributed by atoms with Crippen molar-refractivity contribution in [2.75, 3.05) is 6.54 Å². The van der Waals surface area contributed by atoms with Gasteiger partial charge in [-0.05, 0) is 12.3 Å². The second-order valence-corrected chi connectivity index (χ2v) is 4.63. The number of imidazole rings is 1. The first-order valence-electron chi connectivity index (χ1n) is 5.93. The fraction of sp³-hybridized carbons (Fsp3) is 0.667. The number of aromatic nitrogens is 2. The van der Waals surface area contributed by atoms with Gasteiger partial charge < -0.3 is 9.47 Å². The zero-order valence-electron chi connectivity index (χ0n) is 10.0. The minimum absolute atomic E-state index is 0.291. The van der Waals surface area contributed by atoms with Crippen molar-refractivity contribution in [3.63, 3.8) is 0 Å². The number of hydrogen-bond donors (Lipinski definition) is 0. The molecule has 1 aliphatic heterocycles. The monoisotopic (exact) mass is 221 g/mol. The van der Waals surface area contributed by atoms with E-state index in [-0.39, 0.29) is 0 Å². The molecule has 1 atom stereocenters. The van der Waals surface area contributed by atoms with Crippen LogP contribution in [-0.2, 0) is 18.4 Å². The summed E-state index contributed by atoms with van der Waals surface area (Å²) < 4.78 is 1.97. The molecule has 1 amide bonds. The average Bonchev–Trinajstić information content (AvgIpc) is 2.77. The van der Waals surface area contributed by atoms with Crippen LogP contribution < -0.4 is 0 Å². The van der Waals surface area contributed by atoms with Gasteiger partial charge in [0.25, 0.3) is 0 Å². The van der Waals surface area contributed by atoms with E-state index in [4.69, 9.17) is 0 Å². The van der Waals surface area contributed by atoms with Gasteiger partial charge in [0.05, 0.1) is 18.6 Å². The van der Waals surface area contributed by atoms with Crippen LogP contribution in [-0.4, -0.2) is 26.9 Å². The maximum atomic E-state index is 11.8. The van der Waals surface area contributed by atoms with E-state index in [1.54, 1.807) is 6.33 Å². The molecule has 0 N–H and O–H groups in total. The van der Waals surface area contributed by atoms with Gasteiger partial charge in [-0.15, -0.1) is 0 Å². The third-order valence-corrected chi connectivity index (χ3v) is 3.26. The Morgan fingerprint density at radius 2 is 2.38 bits per heavy atom. The molecule has 0 aromatic carbocycles. The van der Waals surface area contributed by atoms with Gasteiger partial charge in [-0.2, -0.15) is 0 Å². The summed E-state index contributed by atoms with van der Waals surface area (Å²) in [4.78, 5) is 17.8. The van der Waals surface area contributed by atoms with Crippen molar-refractivity contribution in [3.8, 4) is 0 Å². The molecule has 0 aliphatic carbocycles. The molecule has 16 heavy (non-hydrogen) atoms. The Balaban J connectivity index is 1.96. The predicted molar refractivity (Wildman–Crippen MR) is 61.6 cm³/mol. The van der Waals surface area contributed by atoms with E-state index < -0.39 is 0 Å². The molecular weight excluding hydrogens is 202 g/mol. The fourth-order valence-electron chi connectivity index (χ4n) is 2.34. The zero-order chi connectivity index (χ0) is 11.5. The molecule has 1 saturated heterocycles. The molecule has 2 heterocycles. The largest absolute Gasteiger partial charge is 0.337 e. The number of aryl methyl sites for hydroxylation is 1. The van der Waals surface area contributed by atoms with Crippen LogP contribution in [0.2, 0.25) is 0 Å². The number of likely N-dealkylation sites (tertiary alicyclic amines) is 1. The van der Waals surface area contributed by atoms with Gasteiger partial charge in [-0.3, -0.25) is 4.79 Å². The number of carbonyl (C=O) groups is 1. The third kappa shape index (κ3) is 2.26. The Hall–Kier alpha value is -1.32. The summed E-state index contributed by atoms with van der Waals surface area (Å²) in [5.41, 5.74) is 1.10.